The first-order chi connectivity index (χ1) is 14.9. The van der Waals surface area contributed by atoms with Crippen LogP contribution in [0.4, 0.5) is 11.4 Å². The van der Waals surface area contributed by atoms with Gasteiger partial charge in [0.25, 0.3) is 0 Å². The van der Waals surface area contributed by atoms with Crippen molar-refractivity contribution in [1.82, 2.24) is 4.31 Å². The molecule has 7 nitrogen and oxygen atoms in total. The number of anilines is 2. The van der Waals surface area contributed by atoms with Crippen molar-refractivity contribution in [3.63, 3.8) is 0 Å². The van der Waals surface area contributed by atoms with Gasteiger partial charge in [0.1, 0.15) is 0 Å². The molecule has 2 aromatic rings. The molecular weight excluding hydrogens is 434 g/mol. The van der Waals surface area contributed by atoms with E-state index in [0.717, 1.165) is 36.3 Å². The number of para-hydroxylation sites is 1. The Labute approximate surface area is 186 Å². The van der Waals surface area contributed by atoms with E-state index in [1.165, 1.54) is 23.9 Å². The third-order valence-electron chi connectivity index (χ3n) is 5.42. The van der Waals surface area contributed by atoms with Gasteiger partial charge in [-0.15, -0.1) is 11.8 Å². The Hall–Kier alpha value is -2.36. The van der Waals surface area contributed by atoms with Crippen LogP contribution >= 0.6 is 11.8 Å². The number of fused-ring (bicyclic) bond motifs is 1. The zero-order valence-corrected chi connectivity index (χ0v) is 18.7. The topological polar surface area (TPSA) is 95.6 Å². The Morgan fingerprint density at radius 3 is 2.42 bits per heavy atom. The fourth-order valence-corrected chi connectivity index (χ4v) is 6.38. The minimum Gasteiger partial charge on any atom is -0.326 e. The summed E-state index contributed by atoms with van der Waals surface area (Å²) in [5.74, 6) is -0.493. The van der Waals surface area contributed by atoms with E-state index in [-0.39, 0.29) is 23.1 Å². The van der Waals surface area contributed by atoms with Crippen molar-refractivity contribution in [2.24, 2.45) is 0 Å². The summed E-state index contributed by atoms with van der Waals surface area (Å²) in [5, 5.41) is 5.07. The number of carbonyl (C=O) groups is 2. The van der Waals surface area contributed by atoms with Crippen LogP contribution in [0, 0.1) is 0 Å². The monoisotopic (exact) mass is 459 g/mol. The molecule has 0 unspecified atom stereocenters. The lowest BCUT2D eigenvalue weighted by atomic mass is 10.2. The number of rotatable bonds is 5. The van der Waals surface area contributed by atoms with E-state index >= 15 is 0 Å². The molecule has 2 heterocycles. The maximum atomic E-state index is 12.9. The minimum absolute atomic E-state index is 0.0265. The van der Waals surface area contributed by atoms with Crippen LogP contribution in [0.3, 0.4) is 0 Å². The molecule has 0 aliphatic carbocycles. The van der Waals surface area contributed by atoms with Gasteiger partial charge in [-0.2, -0.15) is 4.31 Å². The molecule has 0 saturated carbocycles. The standard InChI is InChI=1S/C22H25N3O4S2/c26-21(15-20-22(27)24-18-7-3-4-8-19(18)30-20)23-16-9-11-17(12-10-16)31(28,29)25-13-5-1-2-6-14-25/h3-4,7-12,20H,1-2,5-6,13-15H2,(H,23,26)(H,24,27)/t20-/m0/s1. The second-order valence-corrected chi connectivity index (χ2v) is 10.9. The number of benzene rings is 2. The Morgan fingerprint density at radius 1 is 1.03 bits per heavy atom. The van der Waals surface area contributed by atoms with E-state index in [4.69, 9.17) is 0 Å². The smallest absolute Gasteiger partial charge is 0.243 e. The van der Waals surface area contributed by atoms with E-state index in [2.05, 4.69) is 10.6 Å². The number of nitrogens with zero attached hydrogens (tertiary/aromatic N) is 1. The van der Waals surface area contributed by atoms with Crippen molar-refractivity contribution in [2.75, 3.05) is 23.7 Å². The molecule has 31 heavy (non-hydrogen) atoms. The summed E-state index contributed by atoms with van der Waals surface area (Å²) in [6, 6.07) is 13.7. The molecule has 2 amide bonds. The van der Waals surface area contributed by atoms with Gasteiger partial charge in [0, 0.05) is 30.1 Å². The van der Waals surface area contributed by atoms with Crippen LogP contribution in [0.1, 0.15) is 32.1 Å². The van der Waals surface area contributed by atoms with Crippen molar-refractivity contribution in [3.05, 3.63) is 48.5 Å². The van der Waals surface area contributed by atoms with Crippen molar-refractivity contribution >= 4 is 45.0 Å². The number of nitrogens with one attached hydrogen (secondary N) is 2. The Balaban J connectivity index is 1.38. The summed E-state index contributed by atoms with van der Waals surface area (Å²) < 4.78 is 27.3. The summed E-state index contributed by atoms with van der Waals surface area (Å²) in [7, 11) is -3.52. The Bertz CT molecular complexity index is 1060. The molecule has 2 N–H and O–H groups in total. The molecule has 4 rings (SSSR count). The zero-order valence-electron chi connectivity index (χ0n) is 17.0. The fraction of sp³-hybridized carbons (Fsp3) is 0.364. The molecule has 0 bridgehead atoms. The number of sulfonamides is 1. The molecule has 2 aromatic carbocycles. The normalized spacial score (nSPS) is 19.7. The Kier molecular flexibility index (Phi) is 6.64. The molecule has 2 aliphatic rings. The quantitative estimate of drug-likeness (QED) is 0.711. The van der Waals surface area contributed by atoms with Crippen LogP contribution in [0.15, 0.2) is 58.3 Å². The highest BCUT2D eigenvalue weighted by atomic mass is 32.2. The van der Waals surface area contributed by atoms with Gasteiger partial charge >= 0.3 is 0 Å². The van der Waals surface area contributed by atoms with Crippen molar-refractivity contribution in [1.29, 1.82) is 0 Å². The van der Waals surface area contributed by atoms with E-state index in [0.29, 0.717) is 18.8 Å². The van der Waals surface area contributed by atoms with Crippen LogP contribution < -0.4 is 10.6 Å². The molecule has 1 saturated heterocycles. The maximum absolute atomic E-state index is 12.9. The summed E-state index contributed by atoms with van der Waals surface area (Å²) in [6.45, 7) is 1.09. The molecule has 0 aromatic heterocycles. The van der Waals surface area contributed by atoms with Gasteiger partial charge < -0.3 is 10.6 Å². The molecule has 0 spiro atoms. The second-order valence-electron chi connectivity index (χ2n) is 7.69. The second kappa shape index (κ2) is 9.42. The lowest BCUT2D eigenvalue weighted by Gasteiger charge is -2.23. The van der Waals surface area contributed by atoms with Gasteiger partial charge in [-0.05, 0) is 49.2 Å². The number of hydrogen-bond acceptors (Lipinski definition) is 5. The third-order valence-corrected chi connectivity index (χ3v) is 8.61. The number of carbonyl (C=O) groups excluding carboxylic acids is 2. The van der Waals surface area contributed by atoms with Crippen molar-refractivity contribution < 1.29 is 18.0 Å². The summed E-state index contributed by atoms with van der Waals surface area (Å²) in [6.07, 6.45) is 3.90. The van der Waals surface area contributed by atoms with E-state index < -0.39 is 15.3 Å². The average molecular weight is 460 g/mol. The predicted molar refractivity (Wildman–Crippen MR) is 122 cm³/mol. The molecule has 1 fully saturated rings. The van der Waals surface area contributed by atoms with Gasteiger partial charge in [0.2, 0.25) is 21.8 Å². The van der Waals surface area contributed by atoms with Crippen LogP contribution in [-0.2, 0) is 19.6 Å². The summed E-state index contributed by atoms with van der Waals surface area (Å²) in [4.78, 5) is 25.9. The molecule has 1 atom stereocenters. The summed E-state index contributed by atoms with van der Waals surface area (Å²) >= 11 is 1.37. The highest BCUT2D eigenvalue weighted by molar-refractivity contribution is 8.01. The molecule has 2 aliphatic heterocycles. The third kappa shape index (κ3) is 5.11. The first-order valence-electron chi connectivity index (χ1n) is 10.4. The lowest BCUT2D eigenvalue weighted by Crippen LogP contribution is -2.32. The lowest BCUT2D eigenvalue weighted by molar-refractivity contribution is -0.120. The van der Waals surface area contributed by atoms with Crippen LogP contribution in [0.5, 0.6) is 0 Å². The number of thioether (sulfide) groups is 1. The maximum Gasteiger partial charge on any atom is 0.243 e. The Morgan fingerprint density at radius 2 is 1.71 bits per heavy atom. The van der Waals surface area contributed by atoms with Crippen molar-refractivity contribution in [2.45, 2.75) is 47.1 Å². The minimum atomic E-state index is -3.52. The van der Waals surface area contributed by atoms with Gasteiger partial charge in [-0.25, -0.2) is 8.42 Å². The first kappa shape index (κ1) is 21.9. The van der Waals surface area contributed by atoms with Crippen LogP contribution in [-0.4, -0.2) is 42.9 Å². The van der Waals surface area contributed by atoms with Crippen LogP contribution in [0.2, 0.25) is 0 Å². The largest absolute Gasteiger partial charge is 0.326 e. The zero-order chi connectivity index (χ0) is 21.8. The van der Waals surface area contributed by atoms with Gasteiger partial charge in [-0.1, -0.05) is 25.0 Å². The molecule has 9 heteroatoms. The molecule has 164 valence electrons. The average Bonchev–Trinajstić information content (AvgIpc) is 3.05. The summed E-state index contributed by atoms with van der Waals surface area (Å²) in [5.41, 5.74) is 1.26. The van der Waals surface area contributed by atoms with Crippen molar-refractivity contribution in [3.8, 4) is 0 Å². The number of amides is 2. The van der Waals surface area contributed by atoms with Gasteiger partial charge in [-0.3, -0.25) is 9.59 Å². The van der Waals surface area contributed by atoms with Gasteiger partial charge in [0.05, 0.1) is 15.8 Å². The van der Waals surface area contributed by atoms with E-state index in [1.807, 2.05) is 24.3 Å². The predicted octanol–water partition coefficient (Wildman–Crippen LogP) is 3.69. The SMILES string of the molecule is O=C(C[C@@H]1Sc2ccccc2NC1=O)Nc1ccc(S(=O)(=O)N2CCCCCC2)cc1. The molecular formula is C22H25N3O4S2. The highest BCUT2D eigenvalue weighted by Gasteiger charge is 2.29. The highest BCUT2D eigenvalue weighted by Crippen LogP contribution is 2.36. The first-order valence-corrected chi connectivity index (χ1v) is 12.7. The molecule has 0 radical (unpaired) electrons. The van der Waals surface area contributed by atoms with Crippen LogP contribution in [0.25, 0.3) is 0 Å². The van der Waals surface area contributed by atoms with E-state index in [1.54, 1.807) is 16.4 Å². The fourth-order valence-electron chi connectivity index (χ4n) is 3.75. The van der Waals surface area contributed by atoms with E-state index in [9.17, 15) is 18.0 Å². The van der Waals surface area contributed by atoms with Gasteiger partial charge in [0.15, 0.2) is 0 Å². The number of hydrogen-bond donors (Lipinski definition) is 2.